The fourth-order valence-electron chi connectivity index (χ4n) is 8.23. The molecule has 5 saturated heterocycles. The van der Waals surface area contributed by atoms with Crippen molar-refractivity contribution in [2.75, 3.05) is 32.8 Å². The number of aliphatic hydroxyl groups excluding tert-OH is 1. The van der Waals surface area contributed by atoms with Crippen LogP contribution in [0.15, 0.2) is 30.3 Å². The van der Waals surface area contributed by atoms with Crippen molar-refractivity contribution in [3.8, 4) is 0 Å². The summed E-state index contributed by atoms with van der Waals surface area (Å²) >= 11 is 0. The van der Waals surface area contributed by atoms with Crippen molar-refractivity contribution in [3.05, 3.63) is 35.9 Å². The molecule has 1 spiro atoms. The van der Waals surface area contributed by atoms with Crippen LogP contribution in [0, 0.1) is 23.7 Å². The Morgan fingerprint density at radius 3 is 2.65 bits per heavy atom. The molecule has 0 aromatic heterocycles. The number of hydrogen-bond donors (Lipinski definition) is 2. The molecule has 1 aromatic carbocycles. The van der Waals surface area contributed by atoms with Crippen LogP contribution in [0.4, 0.5) is 0 Å². The average Bonchev–Trinajstić information content (AvgIpc) is 3.20. The summed E-state index contributed by atoms with van der Waals surface area (Å²) in [5.74, 6) is 0.328. The SMILES string of the molecule is C[C@@H]1CC[C@H]2[C@@H](C)C(OCC(O)C(NCCCN3CCCCC3)c3ccccc3)O[C@@H]3O[C@]4(C)CC[C@@H]1[C@]32OO4. The zero-order chi connectivity index (χ0) is 27.7. The van der Waals surface area contributed by atoms with Crippen molar-refractivity contribution < 1.29 is 29.1 Å². The zero-order valence-electron chi connectivity index (χ0n) is 24.6. The molecule has 8 nitrogen and oxygen atoms in total. The van der Waals surface area contributed by atoms with E-state index in [1.54, 1.807) is 0 Å². The number of nitrogens with zero attached hydrogens (tertiary/aromatic N) is 1. The Morgan fingerprint density at radius 2 is 1.85 bits per heavy atom. The number of rotatable bonds is 10. The zero-order valence-corrected chi connectivity index (χ0v) is 24.6. The van der Waals surface area contributed by atoms with E-state index in [0.29, 0.717) is 11.8 Å². The van der Waals surface area contributed by atoms with Gasteiger partial charge in [-0.3, -0.25) is 0 Å². The maximum absolute atomic E-state index is 11.4. The predicted molar refractivity (Wildman–Crippen MR) is 151 cm³/mol. The fraction of sp³-hybridized carbons (Fsp3) is 0.812. The third-order valence-electron chi connectivity index (χ3n) is 10.5. The number of hydrogen-bond acceptors (Lipinski definition) is 8. The van der Waals surface area contributed by atoms with Crippen molar-refractivity contribution in [3.63, 3.8) is 0 Å². The van der Waals surface area contributed by atoms with Crippen LogP contribution in [0.25, 0.3) is 0 Å². The molecule has 0 amide bonds. The molecule has 1 aromatic rings. The van der Waals surface area contributed by atoms with Gasteiger partial charge in [0.2, 0.25) is 5.79 Å². The van der Waals surface area contributed by atoms with Crippen LogP contribution in [0.1, 0.15) is 83.7 Å². The van der Waals surface area contributed by atoms with Gasteiger partial charge in [0.15, 0.2) is 18.2 Å². The maximum atomic E-state index is 11.4. The van der Waals surface area contributed by atoms with Gasteiger partial charge in [0.25, 0.3) is 0 Å². The molecule has 8 heteroatoms. The summed E-state index contributed by atoms with van der Waals surface area (Å²) in [6.45, 7) is 11.0. The maximum Gasteiger partial charge on any atom is 0.201 e. The lowest BCUT2D eigenvalue weighted by Crippen LogP contribution is -2.70. The Labute approximate surface area is 239 Å². The Hall–Kier alpha value is -1.10. The molecular weight excluding hydrogens is 508 g/mol. The first-order valence-corrected chi connectivity index (χ1v) is 15.9. The molecule has 0 radical (unpaired) electrons. The highest BCUT2D eigenvalue weighted by atomic mass is 17.3. The lowest BCUT2D eigenvalue weighted by atomic mass is 9.58. The molecule has 10 atom stereocenters. The van der Waals surface area contributed by atoms with Crippen molar-refractivity contribution in [1.82, 2.24) is 10.2 Å². The van der Waals surface area contributed by atoms with Crippen LogP contribution in [-0.2, 0) is 24.0 Å². The Kier molecular flexibility index (Phi) is 8.88. The first-order valence-electron chi connectivity index (χ1n) is 15.9. The van der Waals surface area contributed by atoms with Crippen LogP contribution in [-0.4, -0.2) is 72.9 Å². The topological polar surface area (TPSA) is 81.7 Å². The number of fused-ring (bicyclic) bond motifs is 2. The minimum absolute atomic E-state index is 0.0841. The molecule has 2 bridgehead atoms. The van der Waals surface area contributed by atoms with E-state index in [9.17, 15) is 5.11 Å². The molecule has 6 fully saturated rings. The minimum atomic E-state index is -0.807. The highest BCUT2D eigenvalue weighted by molar-refractivity contribution is 5.20. The molecule has 2 N–H and O–H groups in total. The Bertz CT molecular complexity index is 962. The molecule has 5 heterocycles. The number of likely N-dealkylation sites (tertiary alicyclic amines) is 1. The van der Waals surface area contributed by atoms with E-state index < -0.39 is 30.1 Å². The van der Waals surface area contributed by atoms with Gasteiger partial charge in [-0.2, -0.15) is 0 Å². The molecule has 5 aliphatic heterocycles. The normalized spacial score (nSPS) is 41.2. The number of ether oxygens (including phenoxy) is 3. The van der Waals surface area contributed by atoms with E-state index in [4.69, 9.17) is 24.0 Å². The van der Waals surface area contributed by atoms with Crippen molar-refractivity contribution >= 4 is 0 Å². The van der Waals surface area contributed by atoms with E-state index in [-0.39, 0.29) is 24.5 Å². The van der Waals surface area contributed by atoms with Crippen molar-refractivity contribution in [2.24, 2.45) is 23.7 Å². The summed E-state index contributed by atoms with van der Waals surface area (Å²) in [5, 5.41) is 15.1. The lowest BCUT2D eigenvalue weighted by Gasteiger charge is -2.60. The van der Waals surface area contributed by atoms with Gasteiger partial charge in [0.1, 0.15) is 0 Å². The average molecular weight is 559 g/mol. The summed E-state index contributed by atoms with van der Waals surface area (Å²) in [5.41, 5.74) is 0.466. The number of benzene rings is 1. The van der Waals surface area contributed by atoms with Crippen LogP contribution in [0.2, 0.25) is 0 Å². The summed E-state index contributed by atoms with van der Waals surface area (Å²) in [6, 6.07) is 10.0. The summed E-state index contributed by atoms with van der Waals surface area (Å²) in [6.07, 6.45) is 7.27. The molecule has 1 saturated carbocycles. The van der Waals surface area contributed by atoms with Crippen molar-refractivity contribution in [1.29, 1.82) is 0 Å². The smallest absolute Gasteiger partial charge is 0.201 e. The second-order valence-corrected chi connectivity index (χ2v) is 13.3. The van der Waals surface area contributed by atoms with E-state index in [2.05, 4.69) is 36.2 Å². The Balaban J connectivity index is 1.10. The summed E-state index contributed by atoms with van der Waals surface area (Å²) in [7, 11) is 0. The minimum Gasteiger partial charge on any atom is -0.389 e. The van der Waals surface area contributed by atoms with Gasteiger partial charge < -0.3 is 29.5 Å². The van der Waals surface area contributed by atoms with Gasteiger partial charge in [-0.15, -0.1) is 0 Å². The molecule has 6 aliphatic rings. The third-order valence-corrected chi connectivity index (χ3v) is 10.5. The fourth-order valence-corrected chi connectivity index (χ4v) is 8.23. The van der Waals surface area contributed by atoms with Crippen LogP contribution in [0.3, 0.4) is 0 Å². The van der Waals surface area contributed by atoms with Gasteiger partial charge in [-0.05, 0) is 89.0 Å². The van der Waals surface area contributed by atoms with E-state index in [1.165, 1.54) is 32.4 Å². The van der Waals surface area contributed by atoms with Gasteiger partial charge in [-0.1, -0.05) is 50.6 Å². The summed E-state index contributed by atoms with van der Waals surface area (Å²) < 4.78 is 19.4. The van der Waals surface area contributed by atoms with E-state index in [1.807, 2.05) is 25.1 Å². The molecule has 3 unspecified atom stereocenters. The molecule has 224 valence electrons. The quantitative estimate of drug-likeness (QED) is 0.314. The van der Waals surface area contributed by atoms with Gasteiger partial charge >= 0.3 is 0 Å². The second-order valence-electron chi connectivity index (χ2n) is 13.3. The second kappa shape index (κ2) is 12.3. The van der Waals surface area contributed by atoms with E-state index >= 15 is 0 Å². The van der Waals surface area contributed by atoms with Gasteiger partial charge in [-0.25, -0.2) is 9.78 Å². The molecular formula is C32H50N2O6. The van der Waals surface area contributed by atoms with Crippen LogP contribution >= 0.6 is 0 Å². The highest BCUT2D eigenvalue weighted by Gasteiger charge is 2.69. The third kappa shape index (κ3) is 5.63. The molecule has 1 aliphatic carbocycles. The first kappa shape index (κ1) is 29.0. The Morgan fingerprint density at radius 1 is 1.05 bits per heavy atom. The van der Waals surface area contributed by atoms with Crippen molar-refractivity contribution in [2.45, 2.75) is 108 Å². The molecule has 7 rings (SSSR count). The standard InChI is InChI=1S/C32H50N2O6/c1-22-13-14-26-23(2)29(37-30-32(26)25(22)15-16-31(3,38-30)39-40-32)36-21-27(35)28(24-11-6-4-7-12-24)33-17-10-20-34-18-8-5-9-19-34/h4,6-7,11-12,22-23,25-30,33,35H,5,8-10,13-21H2,1-3H3/t22-,23-,25+,26+,27?,28?,29?,30-,31+,32-/m1/s1. The molecule has 40 heavy (non-hydrogen) atoms. The monoisotopic (exact) mass is 558 g/mol. The number of piperidine rings is 1. The number of nitrogens with one attached hydrogen (secondary N) is 1. The first-order chi connectivity index (χ1) is 19.4. The highest BCUT2D eigenvalue weighted by Crippen LogP contribution is 2.60. The van der Waals surface area contributed by atoms with Crippen LogP contribution in [0.5, 0.6) is 0 Å². The van der Waals surface area contributed by atoms with Crippen LogP contribution < -0.4 is 5.32 Å². The van der Waals surface area contributed by atoms with Gasteiger partial charge in [0.05, 0.1) is 18.8 Å². The predicted octanol–water partition coefficient (Wildman–Crippen LogP) is 4.78. The largest absolute Gasteiger partial charge is 0.389 e. The summed E-state index contributed by atoms with van der Waals surface area (Å²) in [4.78, 5) is 14.8. The van der Waals surface area contributed by atoms with E-state index in [0.717, 1.165) is 50.8 Å². The lowest BCUT2D eigenvalue weighted by molar-refractivity contribution is -0.577. The van der Waals surface area contributed by atoms with Gasteiger partial charge in [0, 0.05) is 18.3 Å². The number of aliphatic hydroxyl groups is 1.